The maximum atomic E-state index is 12.1. The normalized spacial score (nSPS) is 30.4. The van der Waals surface area contributed by atoms with E-state index >= 15 is 0 Å². The first-order valence-corrected chi connectivity index (χ1v) is 7.55. The van der Waals surface area contributed by atoms with Crippen molar-refractivity contribution in [2.45, 2.75) is 43.6 Å². The monoisotopic (exact) mass is 326 g/mol. The largest absolute Gasteiger partial charge is 0.390 e. The number of primary amides is 1. The molecule has 1 saturated heterocycles. The third kappa shape index (κ3) is 4.50. The summed E-state index contributed by atoms with van der Waals surface area (Å²) in [5.74, 6) is -1.53. The van der Waals surface area contributed by atoms with Crippen LogP contribution < -0.4 is 21.7 Å². The Kier molecular flexibility index (Phi) is 5.69. The minimum Gasteiger partial charge on any atom is -0.390 e. The van der Waals surface area contributed by atoms with E-state index in [9.17, 15) is 24.6 Å². The summed E-state index contributed by atoms with van der Waals surface area (Å²) in [6.07, 6.45) is 0.543. The molecule has 7 N–H and O–H groups in total. The molecule has 2 aliphatic rings. The van der Waals surface area contributed by atoms with Gasteiger partial charge in [-0.1, -0.05) is 6.08 Å². The SMILES string of the molecule is NC(=O)CNC(=O)C1=CC(NC(=O)C2CCCN2)C(O)C(O)C1. The smallest absolute Gasteiger partial charge is 0.247 e. The fraction of sp³-hybridized carbons (Fsp3) is 0.643. The molecular formula is C14H22N4O5. The van der Waals surface area contributed by atoms with Crippen LogP contribution in [0.3, 0.4) is 0 Å². The van der Waals surface area contributed by atoms with E-state index in [0.717, 1.165) is 13.0 Å². The fourth-order valence-corrected chi connectivity index (χ4v) is 2.72. The van der Waals surface area contributed by atoms with E-state index in [0.29, 0.717) is 6.42 Å². The van der Waals surface area contributed by atoms with Gasteiger partial charge in [-0.15, -0.1) is 0 Å². The fourth-order valence-electron chi connectivity index (χ4n) is 2.72. The van der Waals surface area contributed by atoms with Gasteiger partial charge in [0, 0.05) is 12.0 Å². The molecule has 0 saturated carbocycles. The molecule has 0 aromatic carbocycles. The second-order valence-electron chi connectivity index (χ2n) is 5.79. The lowest BCUT2D eigenvalue weighted by Gasteiger charge is -2.31. The second-order valence-corrected chi connectivity index (χ2v) is 5.79. The van der Waals surface area contributed by atoms with Crippen LogP contribution in [0.2, 0.25) is 0 Å². The maximum Gasteiger partial charge on any atom is 0.247 e. The Morgan fingerprint density at radius 1 is 1.35 bits per heavy atom. The predicted octanol–water partition coefficient (Wildman–Crippen LogP) is -3.12. The molecule has 9 nitrogen and oxygen atoms in total. The Balaban J connectivity index is 2.03. The van der Waals surface area contributed by atoms with Crippen LogP contribution in [-0.4, -0.2) is 65.3 Å². The van der Waals surface area contributed by atoms with Gasteiger partial charge in [0.15, 0.2) is 0 Å². The number of nitrogens with two attached hydrogens (primary N) is 1. The summed E-state index contributed by atoms with van der Waals surface area (Å²) in [6.45, 7) is 0.433. The molecule has 2 rings (SSSR count). The average Bonchev–Trinajstić information content (AvgIpc) is 3.03. The lowest BCUT2D eigenvalue weighted by Crippen LogP contribution is -2.54. The van der Waals surface area contributed by atoms with Gasteiger partial charge in [0.1, 0.15) is 6.10 Å². The number of rotatable bonds is 5. The first-order valence-electron chi connectivity index (χ1n) is 7.55. The topological polar surface area (TPSA) is 154 Å². The van der Waals surface area contributed by atoms with E-state index in [4.69, 9.17) is 5.73 Å². The molecular weight excluding hydrogens is 304 g/mol. The Morgan fingerprint density at radius 2 is 2.09 bits per heavy atom. The summed E-state index contributed by atoms with van der Waals surface area (Å²) in [4.78, 5) is 34.7. The molecule has 0 aromatic rings. The van der Waals surface area contributed by atoms with Gasteiger partial charge in [-0.2, -0.15) is 0 Å². The van der Waals surface area contributed by atoms with Crippen molar-refractivity contribution in [3.05, 3.63) is 11.6 Å². The third-order valence-electron chi connectivity index (χ3n) is 3.97. The van der Waals surface area contributed by atoms with E-state index in [1.54, 1.807) is 0 Å². The molecule has 4 atom stereocenters. The van der Waals surface area contributed by atoms with Crippen molar-refractivity contribution in [1.82, 2.24) is 16.0 Å². The van der Waals surface area contributed by atoms with Crippen molar-refractivity contribution < 1.29 is 24.6 Å². The molecule has 0 spiro atoms. The van der Waals surface area contributed by atoms with Crippen LogP contribution in [-0.2, 0) is 14.4 Å². The highest BCUT2D eigenvalue weighted by Gasteiger charge is 2.35. The number of hydrogen-bond donors (Lipinski definition) is 6. The van der Waals surface area contributed by atoms with Crippen LogP contribution in [0.1, 0.15) is 19.3 Å². The van der Waals surface area contributed by atoms with Crippen molar-refractivity contribution in [2.75, 3.05) is 13.1 Å². The first kappa shape index (κ1) is 17.4. The van der Waals surface area contributed by atoms with Crippen LogP contribution >= 0.6 is 0 Å². The van der Waals surface area contributed by atoms with Gasteiger partial charge in [0.25, 0.3) is 0 Å². The lowest BCUT2D eigenvalue weighted by atomic mass is 9.89. The van der Waals surface area contributed by atoms with Crippen molar-refractivity contribution in [3.8, 4) is 0 Å². The number of aliphatic hydroxyl groups excluding tert-OH is 2. The van der Waals surface area contributed by atoms with Crippen LogP contribution in [0.4, 0.5) is 0 Å². The van der Waals surface area contributed by atoms with Gasteiger partial charge in [-0.05, 0) is 19.4 Å². The number of nitrogens with one attached hydrogen (secondary N) is 3. The highest BCUT2D eigenvalue weighted by molar-refractivity contribution is 5.96. The highest BCUT2D eigenvalue weighted by atomic mass is 16.3. The molecule has 1 heterocycles. The standard InChI is InChI=1S/C14H22N4O5/c15-11(20)6-17-13(22)7-4-9(12(21)10(19)5-7)18-14(23)8-2-1-3-16-8/h4,8-10,12,16,19,21H,1-3,5-6H2,(H2,15,20)(H,17,22)(H,18,23). The van der Waals surface area contributed by atoms with E-state index in [-0.39, 0.29) is 30.5 Å². The summed E-state index contributed by atoms with van der Waals surface area (Å²) in [7, 11) is 0. The molecule has 23 heavy (non-hydrogen) atoms. The molecule has 9 heteroatoms. The number of carbonyl (C=O) groups is 3. The summed E-state index contributed by atoms with van der Waals surface area (Å²) in [5, 5.41) is 27.9. The number of hydrogen-bond acceptors (Lipinski definition) is 6. The molecule has 1 aliphatic carbocycles. The average molecular weight is 326 g/mol. The molecule has 128 valence electrons. The van der Waals surface area contributed by atoms with Crippen molar-refractivity contribution in [3.63, 3.8) is 0 Å². The molecule has 3 amide bonds. The van der Waals surface area contributed by atoms with E-state index < -0.39 is 30.1 Å². The van der Waals surface area contributed by atoms with Gasteiger partial charge >= 0.3 is 0 Å². The molecule has 0 radical (unpaired) electrons. The third-order valence-corrected chi connectivity index (χ3v) is 3.97. The van der Waals surface area contributed by atoms with Gasteiger partial charge in [-0.3, -0.25) is 14.4 Å². The van der Waals surface area contributed by atoms with Gasteiger partial charge in [-0.25, -0.2) is 0 Å². The zero-order chi connectivity index (χ0) is 17.0. The summed E-state index contributed by atoms with van der Waals surface area (Å²) >= 11 is 0. The molecule has 4 unspecified atom stereocenters. The number of carbonyl (C=O) groups excluding carboxylic acids is 3. The number of amides is 3. The molecule has 0 aromatic heterocycles. The van der Waals surface area contributed by atoms with Gasteiger partial charge < -0.3 is 31.9 Å². The van der Waals surface area contributed by atoms with E-state index in [1.807, 2.05) is 0 Å². The molecule has 1 fully saturated rings. The Labute approximate surface area is 133 Å². The van der Waals surface area contributed by atoms with Crippen LogP contribution in [0.15, 0.2) is 11.6 Å². The summed E-state index contributed by atoms with van der Waals surface area (Å²) in [5.41, 5.74) is 5.14. The van der Waals surface area contributed by atoms with Crippen LogP contribution in [0, 0.1) is 0 Å². The maximum absolute atomic E-state index is 12.1. The second kappa shape index (κ2) is 7.53. The quantitative estimate of drug-likeness (QED) is 0.314. The Morgan fingerprint density at radius 3 is 2.70 bits per heavy atom. The minimum absolute atomic E-state index is 0.0696. The predicted molar refractivity (Wildman–Crippen MR) is 79.9 cm³/mol. The van der Waals surface area contributed by atoms with Gasteiger partial charge in [0.2, 0.25) is 17.7 Å². The van der Waals surface area contributed by atoms with Crippen molar-refractivity contribution in [2.24, 2.45) is 5.73 Å². The van der Waals surface area contributed by atoms with E-state index in [1.165, 1.54) is 6.08 Å². The van der Waals surface area contributed by atoms with Crippen LogP contribution in [0.25, 0.3) is 0 Å². The Hall–Kier alpha value is -1.97. The molecule has 0 bridgehead atoms. The van der Waals surface area contributed by atoms with Crippen molar-refractivity contribution >= 4 is 17.7 Å². The zero-order valence-corrected chi connectivity index (χ0v) is 12.6. The first-order chi connectivity index (χ1) is 10.9. The summed E-state index contributed by atoms with van der Waals surface area (Å²) < 4.78 is 0. The lowest BCUT2D eigenvalue weighted by molar-refractivity contribution is -0.125. The van der Waals surface area contributed by atoms with Gasteiger partial charge in [0.05, 0.1) is 24.7 Å². The zero-order valence-electron chi connectivity index (χ0n) is 12.6. The van der Waals surface area contributed by atoms with E-state index in [2.05, 4.69) is 16.0 Å². The minimum atomic E-state index is -1.20. The van der Waals surface area contributed by atoms with Crippen molar-refractivity contribution in [1.29, 1.82) is 0 Å². The highest BCUT2D eigenvalue weighted by Crippen LogP contribution is 2.20. The Bertz CT molecular complexity index is 515. The molecule has 1 aliphatic heterocycles. The number of aliphatic hydroxyl groups is 2. The van der Waals surface area contributed by atoms with Crippen LogP contribution in [0.5, 0.6) is 0 Å². The summed E-state index contributed by atoms with van der Waals surface area (Å²) in [6, 6.07) is -1.20.